The van der Waals surface area contributed by atoms with Crippen LogP contribution in [-0.4, -0.2) is 23.3 Å². The summed E-state index contributed by atoms with van der Waals surface area (Å²) in [6.45, 7) is 7.07. The summed E-state index contributed by atoms with van der Waals surface area (Å²) in [5, 5.41) is 2.92. The van der Waals surface area contributed by atoms with Crippen LogP contribution >= 0.6 is 0 Å². The highest BCUT2D eigenvalue weighted by Gasteiger charge is 2.12. The van der Waals surface area contributed by atoms with Gasteiger partial charge in [0, 0.05) is 33.0 Å². The van der Waals surface area contributed by atoms with Crippen LogP contribution in [-0.2, 0) is 22.7 Å². The summed E-state index contributed by atoms with van der Waals surface area (Å²) in [6, 6.07) is 16.1. The average Bonchev–Trinajstić information content (AvgIpc) is 2.58. The number of nitrogens with zero attached hydrogens (tertiary/aromatic N) is 1. The quantitative estimate of drug-likeness (QED) is 0.841. The first kappa shape index (κ1) is 18.7. The number of rotatable bonds is 7. The Labute approximate surface area is 149 Å². The zero-order valence-electron chi connectivity index (χ0n) is 15.2. The van der Waals surface area contributed by atoms with Crippen molar-refractivity contribution in [1.29, 1.82) is 0 Å². The maximum atomic E-state index is 12.1. The van der Waals surface area contributed by atoms with Gasteiger partial charge in [-0.1, -0.05) is 54.1 Å². The molecule has 0 aliphatic rings. The highest BCUT2D eigenvalue weighted by atomic mass is 16.2. The van der Waals surface area contributed by atoms with Crippen LogP contribution in [0.15, 0.2) is 48.5 Å². The predicted molar refractivity (Wildman–Crippen MR) is 99.9 cm³/mol. The van der Waals surface area contributed by atoms with Gasteiger partial charge in [-0.25, -0.2) is 0 Å². The SMILES string of the molecule is CC(=O)N(CCC(=O)NCc1cccc(C)c1)Cc1ccccc1C. The zero-order valence-corrected chi connectivity index (χ0v) is 15.2. The molecule has 2 amide bonds. The van der Waals surface area contributed by atoms with Crippen LogP contribution in [0.2, 0.25) is 0 Å². The molecule has 0 aromatic heterocycles. The van der Waals surface area contributed by atoms with Gasteiger partial charge in [0.05, 0.1) is 0 Å². The zero-order chi connectivity index (χ0) is 18.2. The Morgan fingerprint density at radius 2 is 1.80 bits per heavy atom. The number of aryl methyl sites for hydroxylation is 2. The van der Waals surface area contributed by atoms with Crippen LogP contribution in [0.1, 0.15) is 35.6 Å². The first-order valence-corrected chi connectivity index (χ1v) is 8.58. The van der Waals surface area contributed by atoms with Gasteiger partial charge in [-0.2, -0.15) is 0 Å². The van der Waals surface area contributed by atoms with Gasteiger partial charge in [0.25, 0.3) is 0 Å². The van der Waals surface area contributed by atoms with E-state index in [1.165, 1.54) is 5.56 Å². The number of carbonyl (C=O) groups excluding carboxylic acids is 2. The number of hydrogen-bond donors (Lipinski definition) is 1. The minimum absolute atomic E-state index is 0.0188. The van der Waals surface area contributed by atoms with Crippen LogP contribution in [0.25, 0.3) is 0 Å². The lowest BCUT2D eigenvalue weighted by molar-refractivity contribution is -0.130. The van der Waals surface area contributed by atoms with E-state index in [1.54, 1.807) is 11.8 Å². The molecule has 2 aromatic carbocycles. The molecule has 0 saturated heterocycles. The Kier molecular flexibility index (Phi) is 6.75. The minimum atomic E-state index is -0.0439. The van der Waals surface area contributed by atoms with Crippen molar-refractivity contribution < 1.29 is 9.59 Å². The molecular weight excluding hydrogens is 312 g/mol. The largest absolute Gasteiger partial charge is 0.352 e. The summed E-state index contributed by atoms with van der Waals surface area (Å²) in [6.07, 6.45) is 0.303. The third kappa shape index (κ3) is 6.07. The summed E-state index contributed by atoms with van der Waals surface area (Å²) in [4.78, 5) is 25.7. The number of carbonyl (C=O) groups is 2. The molecule has 2 aromatic rings. The van der Waals surface area contributed by atoms with Gasteiger partial charge in [-0.15, -0.1) is 0 Å². The molecule has 0 aliphatic heterocycles. The van der Waals surface area contributed by atoms with Gasteiger partial charge in [0.15, 0.2) is 0 Å². The standard InChI is InChI=1S/C21H26N2O2/c1-16-7-6-9-19(13-16)14-22-21(25)11-12-23(18(3)24)15-20-10-5-4-8-17(20)2/h4-10,13H,11-12,14-15H2,1-3H3,(H,22,25). The Morgan fingerprint density at radius 3 is 2.48 bits per heavy atom. The lowest BCUT2D eigenvalue weighted by Gasteiger charge is -2.22. The summed E-state index contributed by atoms with van der Waals surface area (Å²) in [5.74, 6) is -0.0627. The third-order valence-corrected chi connectivity index (χ3v) is 4.25. The third-order valence-electron chi connectivity index (χ3n) is 4.25. The first-order chi connectivity index (χ1) is 12.0. The molecule has 0 unspecified atom stereocenters. The second-order valence-corrected chi connectivity index (χ2v) is 6.38. The molecule has 0 atom stereocenters. The number of amides is 2. The molecule has 2 rings (SSSR count). The summed E-state index contributed by atoms with van der Waals surface area (Å²) < 4.78 is 0. The van der Waals surface area contributed by atoms with Gasteiger partial charge in [0.1, 0.15) is 0 Å². The van der Waals surface area contributed by atoms with Crippen molar-refractivity contribution in [3.05, 3.63) is 70.8 Å². The van der Waals surface area contributed by atoms with E-state index in [1.807, 2.05) is 56.3 Å². The first-order valence-electron chi connectivity index (χ1n) is 8.58. The van der Waals surface area contributed by atoms with E-state index in [0.29, 0.717) is 26.1 Å². The summed E-state index contributed by atoms with van der Waals surface area (Å²) >= 11 is 0. The number of nitrogens with one attached hydrogen (secondary N) is 1. The van der Waals surface area contributed by atoms with Gasteiger partial charge in [-0.05, 0) is 30.5 Å². The fraction of sp³-hybridized carbons (Fsp3) is 0.333. The molecule has 25 heavy (non-hydrogen) atoms. The fourth-order valence-corrected chi connectivity index (χ4v) is 2.69. The normalized spacial score (nSPS) is 10.4. The van der Waals surface area contributed by atoms with E-state index in [0.717, 1.165) is 16.7 Å². The monoisotopic (exact) mass is 338 g/mol. The van der Waals surface area contributed by atoms with E-state index in [-0.39, 0.29) is 11.8 Å². The van der Waals surface area contributed by atoms with Gasteiger partial charge >= 0.3 is 0 Å². The molecule has 0 spiro atoms. The topological polar surface area (TPSA) is 49.4 Å². The molecule has 0 radical (unpaired) electrons. The van der Waals surface area contributed by atoms with Gasteiger partial charge in [0.2, 0.25) is 11.8 Å². The molecule has 0 bridgehead atoms. The van der Waals surface area contributed by atoms with Crippen LogP contribution in [0, 0.1) is 13.8 Å². The van der Waals surface area contributed by atoms with Crippen LogP contribution < -0.4 is 5.32 Å². The summed E-state index contributed by atoms with van der Waals surface area (Å²) in [5.41, 5.74) is 4.51. The van der Waals surface area contributed by atoms with Crippen molar-refractivity contribution >= 4 is 11.8 Å². The van der Waals surface area contributed by atoms with Crippen molar-refractivity contribution in [3.63, 3.8) is 0 Å². The summed E-state index contributed by atoms with van der Waals surface area (Å²) in [7, 11) is 0. The smallest absolute Gasteiger partial charge is 0.222 e. The fourth-order valence-electron chi connectivity index (χ4n) is 2.69. The van der Waals surface area contributed by atoms with Gasteiger partial charge < -0.3 is 10.2 Å². The van der Waals surface area contributed by atoms with Crippen molar-refractivity contribution in [1.82, 2.24) is 10.2 Å². The Morgan fingerprint density at radius 1 is 1.04 bits per heavy atom. The van der Waals surface area contributed by atoms with E-state index in [4.69, 9.17) is 0 Å². The van der Waals surface area contributed by atoms with Crippen molar-refractivity contribution in [2.24, 2.45) is 0 Å². The highest BCUT2D eigenvalue weighted by Crippen LogP contribution is 2.11. The van der Waals surface area contributed by atoms with Crippen LogP contribution in [0.3, 0.4) is 0 Å². The van der Waals surface area contributed by atoms with Crippen LogP contribution in [0.4, 0.5) is 0 Å². The lowest BCUT2D eigenvalue weighted by Crippen LogP contribution is -2.33. The van der Waals surface area contributed by atoms with E-state index >= 15 is 0 Å². The van der Waals surface area contributed by atoms with Gasteiger partial charge in [-0.3, -0.25) is 9.59 Å². The maximum absolute atomic E-state index is 12.1. The highest BCUT2D eigenvalue weighted by molar-refractivity contribution is 5.78. The number of hydrogen-bond acceptors (Lipinski definition) is 2. The molecule has 4 heteroatoms. The molecule has 1 N–H and O–H groups in total. The average molecular weight is 338 g/mol. The van der Waals surface area contributed by atoms with Crippen molar-refractivity contribution in [2.75, 3.05) is 6.54 Å². The minimum Gasteiger partial charge on any atom is -0.352 e. The predicted octanol–water partition coefficient (Wildman–Crippen LogP) is 3.36. The van der Waals surface area contributed by atoms with Crippen LogP contribution in [0.5, 0.6) is 0 Å². The van der Waals surface area contributed by atoms with E-state index < -0.39 is 0 Å². The lowest BCUT2D eigenvalue weighted by atomic mass is 10.1. The Bertz CT molecular complexity index is 740. The Hall–Kier alpha value is -2.62. The Balaban J connectivity index is 1.85. The second-order valence-electron chi connectivity index (χ2n) is 6.38. The molecule has 4 nitrogen and oxygen atoms in total. The second kappa shape index (κ2) is 9.02. The van der Waals surface area contributed by atoms with E-state index in [2.05, 4.69) is 11.4 Å². The molecule has 0 saturated carbocycles. The van der Waals surface area contributed by atoms with E-state index in [9.17, 15) is 9.59 Å². The van der Waals surface area contributed by atoms with Crippen molar-refractivity contribution in [3.8, 4) is 0 Å². The molecule has 132 valence electrons. The van der Waals surface area contributed by atoms with Crippen molar-refractivity contribution in [2.45, 2.75) is 40.3 Å². The molecular formula is C21H26N2O2. The molecule has 0 heterocycles. The maximum Gasteiger partial charge on any atom is 0.222 e. The molecule has 0 aliphatic carbocycles. The molecule has 0 fully saturated rings. The number of benzene rings is 2.